The van der Waals surface area contributed by atoms with Crippen molar-refractivity contribution < 1.29 is 4.74 Å². The van der Waals surface area contributed by atoms with Crippen LogP contribution in [0.15, 0.2) is 24.5 Å². The highest BCUT2D eigenvalue weighted by atomic mass is 16.5. The van der Waals surface area contributed by atoms with Crippen molar-refractivity contribution in [2.75, 3.05) is 12.4 Å². The summed E-state index contributed by atoms with van der Waals surface area (Å²) in [5.41, 5.74) is 3.30. The summed E-state index contributed by atoms with van der Waals surface area (Å²) >= 11 is 0. The van der Waals surface area contributed by atoms with Gasteiger partial charge in [0.05, 0.1) is 0 Å². The predicted molar refractivity (Wildman–Crippen MR) is 73.8 cm³/mol. The zero-order valence-corrected chi connectivity index (χ0v) is 11.5. The Hall–Kier alpha value is -2.01. The van der Waals surface area contributed by atoms with Gasteiger partial charge in [0, 0.05) is 37.8 Å². The minimum atomic E-state index is 0.421. The molecule has 2 aromatic heterocycles. The number of methoxy groups -OCH3 is 1. The van der Waals surface area contributed by atoms with Crippen LogP contribution in [-0.4, -0.2) is 22.1 Å². The van der Waals surface area contributed by atoms with Crippen LogP contribution >= 0.6 is 0 Å². The van der Waals surface area contributed by atoms with Gasteiger partial charge in [-0.2, -0.15) is 0 Å². The molecule has 0 bridgehead atoms. The van der Waals surface area contributed by atoms with Gasteiger partial charge in [-0.1, -0.05) is 0 Å². The van der Waals surface area contributed by atoms with E-state index in [4.69, 9.17) is 4.74 Å². The molecule has 0 atom stereocenters. The molecule has 19 heavy (non-hydrogen) atoms. The summed E-state index contributed by atoms with van der Waals surface area (Å²) in [4.78, 5) is 12.8. The second kappa shape index (κ2) is 6.24. The first-order valence-electron chi connectivity index (χ1n) is 6.16. The third-order valence-corrected chi connectivity index (χ3v) is 2.77. The largest absolute Gasteiger partial charge is 0.377 e. The van der Waals surface area contributed by atoms with Crippen LogP contribution in [0.1, 0.15) is 22.6 Å². The fraction of sp³-hybridized carbons (Fsp3) is 0.357. The molecule has 0 spiro atoms. The molecule has 2 heterocycles. The Bertz CT molecular complexity index is 557. The number of aromatic nitrogens is 3. The van der Waals surface area contributed by atoms with E-state index in [1.807, 2.05) is 32.2 Å². The van der Waals surface area contributed by atoms with Crippen LogP contribution in [0, 0.1) is 13.8 Å². The van der Waals surface area contributed by atoms with Crippen LogP contribution in [0.4, 0.5) is 5.82 Å². The molecule has 0 fully saturated rings. The number of hydrogen-bond donors (Lipinski definition) is 1. The summed E-state index contributed by atoms with van der Waals surface area (Å²) in [5.74, 6) is 1.51. The third-order valence-electron chi connectivity index (χ3n) is 2.77. The number of nitrogens with zero attached hydrogens (tertiary/aromatic N) is 3. The smallest absolute Gasteiger partial charge is 0.156 e. The minimum Gasteiger partial charge on any atom is -0.377 e. The van der Waals surface area contributed by atoms with E-state index >= 15 is 0 Å². The summed E-state index contributed by atoms with van der Waals surface area (Å²) in [5, 5.41) is 3.31. The first kappa shape index (κ1) is 13.4. The SMILES string of the molecule is COCc1nc(C)cc(NCc2ccncc2C)n1. The van der Waals surface area contributed by atoms with Crippen molar-refractivity contribution in [1.29, 1.82) is 0 Å². The molecule has 0 aliphatic carbocycles. The molecule has 2 rings (SSSR count). The second-order valence-corrected chi connectivity index (χ2v) is 4.40. The lowest BCUT2D eigenvalue weighted by Gasteiger charge is -2.09. The van der Waals surface area contributed by atoms with Crippen molar-refractivity contribution in [3.63, 3.8) is 0 Å². The van der Waals surface area contributed by atoms with E-state index in [-0.39, 0.29) is 0 Å². The van der Waals surface area contributed by atoms with E-state index in [9.17, 15) is 0 Å². The highest BCUT2D eigenvalue weighted by Gasteiger charge is 2.03. The lowest BCUT2D eigenvalue weighted by molar-refractivity contribution is 0.177. The number of anilines is 1. The molecule has 0 amide bonds. The Morgan fingerprint density at radius 1 is 1.26 bits per heavy atom. The molecule has 0 aliphatic heterocycles. The molecular formula is C14H18N4O. The van der Waals surface area contributed by atoms with Crippen molar-refractivity contribution in [1.82, 2.24) is 15.0 Å². The number of ether oxygens (including phenoxy) is 1. The first-order chi connectivity index (χ1) is 9.19. The van der Waals surface area contributed by atoms with Crippen molar-refractivity contribution in [2.45, 2.75) is 27.0 Å². The number of nitrogens with one attached hydrogen (secondary N) is 1. The van der Waals surface area contributed by atoms with Gasteiger partial charge in [0.15, 0.2) is 5.82 Å². The Morgan fingerprint density at radius 2 is 2.11 bits per heavy atom. The third kappa shape index (κ3) is 3.72. The lowest BCUT2D eigenvalue weighted by Crippen LogP contribution is -2.07. The van der Waals surface area contributed by atoms with Crippen LogP contribution in [0.25, 0.3) is 0 Å². The van der Waals surface area contributed by atoms with Crippen LogP contribution < -0.4 is 5.32 Å². The van der Waals surface area contributed by atoms with Gasteiger partial charge in [0.25, 0.3) is 0 Å². The van der Waals surface area contributed by atoms with Crippen LogP contribution in [-0.2, 0) is 17.9 Å². The van der Waals surface area contributed by atoms with E-state index < -0.39 is 0 Å². The minimum absolute atomic E-state index is 0.421. The summed E-state index contributed by atoms with van der Waals surface area (Å²) in [6.45, 7) is 5.14. The zero-order valence-electron chi connectivity index (χ0n) is 11.5. The van der Waals surface area contributed by atoms with Gasteiger partial charge in [-0.3, -0.25) is 4.98 Å². The van der Waals surface area contributed by atoms with E-state index in [1.165, 1.54) is 5.56 Å². The van der Waals surface area contributed by atoms with Gasteiger partial charge in [0.2, 0.25) is 0 Å². The van der Waals surface area contributed by atoms with E-state index in [1.54, 1.807) is 13.3 Å². The van der Waals surface area contributed by atoms with Gasteiger partial charge < -0.3 is 10.1 Å². The quantitative estimate of drug-likeness (QED) is 0.891. The summed E-state index contributed by atoms with van der Waals surface area (Å²) in [7, 11) is 1.64. The van der Waals surface area contributed by atoms with Crippen LogP contribution in [0.5, 0.6) is 0 Å². The molecule has 0 aliphatic rings. The average molecular weight is 258 g/mol. The number of hydrogen-bond acceptors (Lipinski definition) is 5. The molecule has 5 nitrogen and oxygen atoms in total. The van der Waals surface area contributed by atoms with Gasteiger partial charge in [-0.25, -0.2) is 9.97 Å². The molecule has 1 N–H and O–H groups in total. The van der Waals surface area contributed by atoms with Gasteiger partial charge in [0.1, 0.15) is 12.4 Å². The second-order valence-electron chi connectivity index (χ2n) is 4.40. The molecule has 0 radical (unpaired) electrons. The Balaban J connectivity index is 2.09. The predicted octanol–water partition coefficient (Wildman–Crippen LogP) is 2.25. The summed E-state index contributed by atoms with van der Waals surface area (Å²) < 4.78 is 5.06. The first-order valence-corrected chi connectivity index (χ1v) is 6.16. The van der Waals surface area contributed by atoms with Crippen LogP contribution in [0.3, 0.4) is 0 Å². The van der Waals surface area contributed by atoms with Crippen LogP contribution in [0.2, 0.25) is 0 Å². The van der Waals surface area contributed by atoms with Gasteiger partial charge >= 0.3 is 0 Å². The fourth-order valence-corrected chi connectivity index (χ4v) is 1.80. The molecule has 0 unspecified atom stereocenters. The Kier molecular flexibility index (Phi) is 4.41. The average Bonchev–Trinajstić information content (AvgIpc) is 2.37. The molecule has 5 heteroatoms. The topological polar surface area (TPSA) is 59.9 Å². The molecule has 0 aromatic carbocycles. The molecule has 0 saturated heterocycles. The number of pyridine rings is 1. The maximum atomic E-state index is 5.06. The van der Waals surface area contributed by atoms with E-state index in [0.29, 0.717) is 12.4 Å². The maximum absolute atomic E-state index is 5.06. The zero-order chi connectivity index (χ0) is 13.7. The number of aryl methyl sites for hydroxylation is 2. The Morgan fingerprint density at radius 3 is 2.84 bits per heavy atom. The molecule has 0 saturated carbocycles. The van der Waals surface area contributed by atoms with Gasteiger partial charge in [-0.15, -0.1) is 0 Å². The maximum Gasteiger partial charge on any atom is 0.156 e. The molecule has 2 aromatic rings. The fourth-order valence-electron chi connectivity index (χ4n) is 1.80. The Labute approximate surface area is 113 Å². The van der Waals surface area contributed by atoms with Crippen molar-refractivity contribution in [3.05, 3.63) is 47.2 Å². The van der Waals surface area contributed by atoms with E-state index in [2.05, 4.69) is 20.3 Å². The van der Waals surface area contributed by atoms with Crippen molar-refractivity contribution >= 4 is 5.82 Å². The normalized spacial score (nSPS) is 10.5. The molecule has 100 valence electrons. The monoisotopic (exact) mass is 258 g/mol. The summed E-state index contributed by atoms with van der Waals surface area (Å²) in [6.07, 6.45) is 3.66. The van der Waals surface area contributed by atoms with Gasteiger partial charge in [-0.05, 0) is 31.0 Å². The lowest BCUT2D eigenvalue weighted by atomic mass is 10.1. The van der Waals surface area contributed by atoms with E-state index in [0.717, 1.165) is 23.6 Å². The molecular weight excluding hydrogens is 240 g/mol. The highest BCUT2D eigenvalue weighted by molar-refractivity contribution is 5.37. The van der Waals surface area contributed by atoms with Crippen molar-refractivity contribution in [3.8, 4) is 0 Å². The number of rotatable bonds is 5. The standard InChI is InChI=1S/C14H18N4O/c1-10-7-15-5-4-12(10)8-16-13-6-11(2)17-14(18-13)9-19-3/h4-7H,8-9H2,1-3H3,(H,16,17,18). The van der Waals surface area contributed by atoms with Crippen molar-refractivity contribution in [2.24, 2.45) is 0 Å². The summed E-state index contributed by atoms with van der Waals surface area (Å²) in [6, 6.07) is 3.93. The highest BCUT2D eigenvalue weighted by Crippen LogP contribution is 2.11.